The van der Waals surface area contributed by atoms with Gasteiger partial charge in [0.2, 0.25) is 10.0 Å². The Bertz CT molecular complexity index is 914. The van der Waals surface area contributed by atoms with E-state index in [1.54, 1.807) is 6.07 Å². The molecular weight excluding hydrogens is 340 g/mol. The molecule has 24 heavy (non-hydrogen) atoms. The van der Waals surface area contributed by atoms with E-state index in [-0.39, 0.29) is 23.9 Å². The van der Waals surface area contributed by atoms with Crippen LogP contribution >= 0.6 is 0 Å². The monoisotopic (exact) mass is 355 g/mol. The molecule has 0 amide bonds. The third kappa shape index (κ3) is 3.22. The van der Waals surface area contributed by atoms with E-state index in [1.807, 2.05) is 0 Å². The number of rotatable bonds is 3. The molecule has 1 aliphatic heterocycles. The average molecular weight is 355 g/mol. The summed E-state index contributed by atoms with van der Waals surface area (Å²) in [5.74, 6) is -2.49. The van der Waals surface area contributed by atoms with E-state index < -0.39 is 27.3 Å². The van der Waals surface area contributed by atoms with Gasteiger partial charge in [0, 0.05) is 30.9 Å². The summed E-state index contributed by atoms with van der Waals surface area (Å²) < 4.78 is 52.9. The molecule has 1 aliphatic rings. The molecule has 1 N–H and O–H groups in total. The van der Waals surface area contributed by atoms with Gasteiger partial charge in [0.1, 0.15) is 0 Å². The standard InChI is InChI=1S/C15H15F2N3O3S/c16-12-4-3-11(8-13(12)17)24(22,23)20-7-1-2-10(9-20)14-5-6-18-15(21)19-14/h3-6,8,10H,1-2,7,9H2,(H,18,19,21)/t10-/m1/s1. The first-order valence-electron chi connectivity index (χ1n) is 7.38. The van der Waals surface area contributed by atoms with E-state index in [0.717, 1.165) is 12.1 Å². The lowest BCUT2D eigenvalue weighted by Gasteiger charge is -2.31. The maximum Gasteiger partial charge on any atom is 0.345 e. The number of hydrogen-bond acceptors (Lipinski definition) is 4. The summed E-state index contributed by atoms with van der Waals surface area (Å²) in [4.78, 5) is 17.2. The summed E-state index contributed by atoms with van der Waals surface area (Å²) in [5.41, 5.74) is 0.119. The molecule has 128 valence electrons. The lowest BCUT2D eigenvalue weighted by atomic mass is 9.96. The molecule has 6 nitrogen and oxygen atoms in total. The first-order chi connectivity index (χ1) is 11.4. The minimum Gasteiger partial charge on any atom is -0.309 e. The first kappa shape index (κ1) is 16.7. The fourth-order valence-electron chi connectivity index (χ4n) is 2.82. The molecular formula is C15H15F2N3O3S. The molecule has 1 fully saturated rings. The Morgan fingerprint density at radius 3 is 2.71 bits per heavy atom. The number of aromatic amines is 1. The lowest BCUT2D eigenvalue weighted by Crippen LogP contribution is -2.39. The Morgan fingerprint density at radius 2 is 2.00 bits per heavy atom. The summed E-state index contributed by atoms with van der Waals surface area (Å²) in [6, 6.07) is 4.16. The quantitative estimate of drug-likeness (QED) is 0.907. The van der Waals surface area contributed by atoms with Gasteiger partial charge >= 0.3 is 5.69 Å². The SMILES string of the molecule is O=c1nccc([C@@H]2CCCN(S(=O)(=O)c3ccc(F)c(F)c3)C2)[nH]1. The van der Waals surface area contributed by atoms with Gasteiger partial charge in [0.15, 0.2) is 11.6 Å². The second-order valence-electron chi connectivity index (χ2n) is 5.61. The van der Waals surface area contributed by atoms with Crippen LogP contribution in [0.1, 0.15) is 24.5 Å². The molecule has 0 saturated carbocycles. The number of nitrogens with zero attached hydrogens (tertiary/aromatic N) is 2. The lowest BCUT2D eigenvalue weighted by molar-refractivity contribution is 0.312. The van der Waals surface area contributed by atoms with Crippen molar-refractivity contribution in [2.24, 2.45) is 0 Å². The Morgan fingerprint density at radius 1 is 1.21 bits per heavy atom. The van der Waals surface area contributed by atoms with Crippen molar-refractivity contribution in [1.29, 1.82) is 0 Å². The number of nitrogens with one attached hydrogen (secondary N) is 1. The van der Waals surface area contributed by atoms with Crippen LogP contribution in [0.2, 0.25) is 0 Å². The van der Waals surface area contributed by atoms with Crippen LogP contribution in [0.4, 0.5) is 8.78 Å². The Balaban J connectivity index is 1.88. The van der Waals surface area contributed by atoms with Crippen molar-refractivity contribution in [2.75, 3.05) is 13.1 Å². The number of H-pyrrole nitrogens is 1. The smallest absolute Gasteiger partial charge is 0.309 e. The second kappa shape index (κ2) is 6.40. The van der Waals surface area contributed by atoms with Gasteiger partial charge in [-0.15, -0.1) is 0 Å². The molecule has 1 aromatic carbocycles. The molecule has 0 unspecified atom stereocenters. The summed E-state index contributed by atoms with van der Waals surface area (Å²) in [5, 5.41) is 0. The normalized spacial score (nSPS) is 19.3. The molecule has 9 heteroatoms. The molecule has 1 saturated heterocycles. The van der Waals surface area contributed by atoms with Crippen molar-refractivity contribution >= 4 is 10.0 Å². The molecule has 0 spiro atoms. The highest BCUT2D eigenvalue weighted by Crippen LogP contribution is 2.29. The number of sulfonamides is 1. The minimum atomic E-state index is -3.93. The summed E-state index contributed by atoms with van der Waals surface area (Å²) >= 11 is 0. The van der Waals surface area contributed by atoms with Crippen LogP contribution in [0.5, 0.6) is 0 Å². The minimum absolute atomic E-state index is 0.154. The number of aromatic nitrogens is 2. The highest BCUT2D eigenvalue weighted by Gasteiger charge is 2.31. The Kier molecular flexibility index (Phi) is 4.46. The highest BCUT2D eigenvalue weighted by molar-refractivity contribution is 7.89. The highest BCUT2D eigenvalue weighted by atomic mass is 32.2. The van der Waals surface area contributed by atoms with Crippen LogP contribution in [0.25, 0.3) is 0 Å². The van der Waals surface area contributed by atoms with E-state index in [2.05, 4.69) is 9.97 Å². The van der Waals surface area contributed by atoms with Gasteiger partial charge in [0.05, 0.1) is 4.90 Å². The molecule has 2 heterocycles. The van der Waals surface area contributed by atoms with E-state index in [4.69, 9.17) is 0 Å². The van der Waals surface area contributed by atoms with Gasteiger partial charge in [0.25, 0.3) is 0 Å². The number of benzene rings is 1. The van der Waals surface area contributed by atoms with Crippen LogP contribution in [0.15, 0.2) is 40.2 Å². The van der Waals surface area contributed by atoms with Crippen molar-refractivity contribution in [3.05, 3.63) is 58.3 Å². The Hall–Kier alpha value is -2.13. The number of piperidine rings is 1. The Labute approximate surface area is 137 Å². The van der Waals surface area contributed by atoms with Gasteiger partial charge in [-0.1, -0.05) is 0 Å². The molecule has 1 aromatic heterocycles. The van der Waals surface area contributed by atoms with Gasteiger partial charge in [-0.2, -0.15) is 4.31 Å². The molecule has 0 aliphatic carbocycles. The van der Waals surface area contributed by atoms with Gasteiger partial charge < -0.3 is 4.98 Å². The zero-order valence-corrected chi connectivity index (χ0v) is 13.4. The van der Waals surface area contributed by atoms with Gasteiger partial charge in [-0.25, -0.2) is 27.0 Å². The zero-order chi connectivity index (χ0) is 17.3. The zero-order valence-electron chi connectivity index (χ0n) is 12.6. The molecule has 0 bridgehead atoms. The van der Waals surface area contributed by atoms with Gasteiger partial charge in [-0.3, -0.25) is 0 Å². The topological polar surface area (TPSA) is 83.1 Å². The van der Waals surface area contributed by atoms with Crippen molar-refractivity contribution in [2.45, 2.75) is 23.7 Å². The van der Waals surface area contributed by atoms with Crippen LogP contribution in [0, 0.1) is 11.6 Å². The third-order valence-corrected chi connectivity index (χ3v) is 5.91. The molecule has 0 radical (unpaired) electrons. The van der Waals surface area contributed by atoms with Crippen LogP contribution in [-0.4, -0.2) is 35.8 Å². The molecule has 1 atom stereocenters. The predicted molar refractivity (Wildman–Crippen MR) is 81.9 cm³/mol. The van der Waals surface area contributed by atoms with E-state index >= 15 is 0 Å². The van der Waals surface area contributed by atoms with E-state index in [0.29, 0.717) is 24.6 Å². The number of halogens is 2. The predicted octanol–water partition coefficient (Wildman–Crippen LogP) is 1.62. The third-order valence-electron chi connectivity index (χ3n) is 4.05. The maximum atomic E-state index is 13.4. The fourth-order valence-corrected chi connectivity index (χ4v) is 4.36. The van der Waals surface area contributed by atoms with Crippen LogP contribution in [-0.2, 0) is 10.0 Å². The first-order valence-corrected chi connectivity index (χ1v) is 8.82. The summed E-state index contributed by atoms with van der Waals surface area (Å²) in [7, 11) is -3.93. The largest absolute Gasteiger partial charge is 0.345 e. The summed E-state index contributed by atoms with van der Waals surface area (Å²) in [6.45, 7) is 0.439. The summed E-state index contributed by atoms with van der Waals surface area (Å²) in [6.07, 6.45) is 2.68. The van der Waals surface area contributed by atoms with Crippen molar-refractivity contribution < 1.29 is 17.2 Å². The van der Waals surface area contributed by atoms with Crippen molar-refractivity contribution in [1.82, 2.24) is 14.3 Å². The van der Waals surface area contributed by atoms with Crippen molar-refractivity contribution in [3.8, 4) is 0 Å². The number of hydrogen-bond donors (Lipinski definition) is 1. The van der Waals surface area contributed by atoms with E-state index in [9.17, 15) is 22.0 Å². The van der Waals surface area contributed by atoms with E-state index in [1.165, 1.54) is 10.5 Å². The molecule has 3 rings (SSSR count). The fraction of sp³-hybridized carbons (Fsp3) is 0.333. The van der Waals surface area contributed by atoms with Crippen molar-refractivity contribution in [3.63, 3.8) is 0 Å². The molecule has 2 aromatic rings. The maximum absolute atomic E-state index is 13.4. The second-order valence-corrected chi connectivity index (χ2v) is 7.55. The average Bonchev–Trinajstić information content (AvgIpc) is 2.57. The van der Waals surface area contributed by atoms with Gasteiger partial charge in [-0.05, 0) is 37.1 Å². The van der Waals surface area contributed by atoms with Crippen LogP contribution in [0.3, 0.4) is 0 Å². The van der Waals surface area contributed by atoms with Crippen LogP contribution < -0.4 is 5.69 Å².